The van der Waals surface area contributed by atoms with E-state index in [9.17, 15) is 9.59 Å². The van der Waals surface area contributed by atoms with Crippen LogP contribution in [0, 0.1) is 5.92 Å². The Morgan fingerprint density at radius 1 is 1.41 bits per heavy atom. The molecule has 2 aliphatic rings. The average Bonchev–Trinajstić information content (AvgIpc) is 2.32. The van der Waals surface area contributed by atoms with Gasteiger partial charge in [-0.1, -0.05) is 0 Å². The maximum absolute atomic E-state index is 12.3. The molecule has 2 heterocycles. The van der Waals surface area contributed by atoms with E-state index < -0.39 is 0 Å². The van der Waals surface area contributed by atoms with Crippen LogP contribution in [0.25, 0.3) is 0 Å². The van der Waals surface area contributed by atoms with Crippen LogP contribution >= 0.6 is 0 Å². The molecule has 2 fully saturated rings. The summed E-state index contributed by atoms with van der Waals surface area (Å²) >= 11 is 0. The molecule has 96 valence electrons. The van der Waals surface area contributed by atoms with Gasteiger partial charge in [0.25, 0.3) is 0 Å². The zero-order valence-corrected chi connectivity index (χ0v) is 10.6. The standard InChI is InChI=1S/C12H21N3O2/c1-9-8-15(6-4-13-9)12(17)10-3-5-14(2)11(16)7-10/h9-10,13H,3-8H2,1-2H3/t9-,10-/m0/s1. The topological polar surface area (TPSA) is 52.7 Å². The second kappa shape index (κ2) is 5.04. The van der Waals surface area contributed by atoms with Gasteiger partial charge >= 0.3 is 0 Å². The fraction of sp³-hybridized carbons (Fsp3) is 0.833. The lowest BCUT2D eigenvalue weighted by Crippen LogP contribution is -2.54. The molecular formula is C12H21N3O2. The molecule has 0 aromatic rings. The highest BCUT2D eigenvalue weighted by molar-refractivity contribution is 5.87. The molecule has 0 aromatic carbocycles. The molecule has 2 amide bonds. The molecule has 0 unspecified atom stereocenters. The van der Waals surface area contributed by atoms with E-state index in [2.05, 4.69) is 12.2 Å². The molecule has 2 atom stereocenters. The predicted octanol–water partition coefficient (Wildman–Crippen LogP) is -0.325. The Balaban J connectivity index is 1.93. The maximum Gasteiger partial charge on any atom is 0.226 e. The van der Waals surface area contributed by atoms with E-state index in [4.69, 9.17) is 0 Å². The van der Waals surface area contributed by atoms with Crippen LogP contribution < -0.4 is 5.32 Å². The molecule has 0 bridgehead atoms. The lowest BCUT2D eigenvalue weighted by atomic mass is 9.94. The molecule has 0 aromatic heterocycles. The Hall–Kier alpha value is -1.10. The van der Waals surface area contributed by atoms with Gasteiger partial charge in [0, 0.05) is 51.6 Å². The number of carbonyl (C=O) groups excluding carboxylic acids is 2. The second-order valence-electron chi connectivity index (χ2n) is 5.14. The van der Waals surface area contributed by atoms with E-state index in [0.29, 0.717) is 19.0 Å². The Labute approximate surface area is 102 Å². The third-order valence-electron chi connectivity index (χ3n) is 3.69. The Morgan fingerprint density at radius 2 is 2.18 bits per heavy atom. The number of nitrogens with one attached hydrogen (secondary N) is 1. The molecule has 2 saturated heterocycles. The van der Waals surface area contributed by atoms with Crippen LogP contribution in [0.4, 0.5) is 0 Å². The number of likely N-dealkylation sites (tertiary alicyclic amines) is 1. The minimum atomic E-state index is -0.0935. The monoisotopic (exact) mass is 239 g/mol. The van der Waals surface area contributed by atoms with Crippen molar-refractivity contribution in [2.24, 2.45) is 5.92 Å². The van der Waals surface area contributed by atoms with Crippen molar-refractivity contribution >= 4 is 11.8 Å². The van der Waals surface area contributed by atoms with E-state index in [1.165, 1.54) is 0 Å². The van der Waals surface area contributed by atoms with Crippen LogP contribution in [-0.4, -0.2) is 60.9 Å². The van der Waals surface area contributed by atoms with E-state index in [1.807, 2.05) is 4.90 Å². The Kier molecular flexibility index (Phi) is 3.66. The lowest BCUT2D eigenvalue weighted by molar-refractivity contribution is -0.145. The van der Waals surface area contributed by atoms with Crippen LogP contribution in [0.1, 0.15) is 19.8 Å². The molecule has 5 heteroatoms. The highest BCUT2D eigenvalue weighted by Gasteiger charge is 2.32. The number of carbonyl (C=O) groups is 2. The highest BCUT2D eigenvalue weighted by Crippen LogP contribution is 2.20. The van der Waals surface area contributed by atoms with E-state index >= 15 is 0 Å². The number of rotatable bonds is 1. The number of piperazine rings is 1. The van der Waals surface area contributed by atoms with Gasteiger partial charge in [-0.15, -0.1) is 0 Å². The van der Waals surface area contributed by atoms with Crippen molar-refractivity contribution in [3.05, 3.63) is 0 Å². The summed E-state index contributed by atoms with van der Waals surface area (Å²) in [6.07, 6.45) is 1.19. The van der Waals surface area contributed by atoms with Crippen LogP contribution in [0.3, 0.4) is 0 Å². The van der Waals surface area contributed by atoms with Gasteiger partial charge in [-0.25, -0.2) is 0 Å². The second-order valence-corrected chi connectivity index (χ2v) is 5.14. The average molecular weight is 239 g/mol. The summed E-state index contributed by atoms with van der Waals surface area (Å²) in [5.41, 5.74) is 0. The predicted molar refractivity (Wildman–Crippen MR) is 64.4 cm³/mol. The van der Waals surface area contributed by atoms with Crippen LogP contribution in [0.2, 0.25) is 0 Å². The summed E-state index contributed by atoms with van der Waals surface area (Å²) in [6, 6.07) is 0.356. The summed E-state index contributed by atoms with van der Waals surface area (Å²) in [4.78, 5) is 27.5. The van der Waals surface area contributed by atoms with Crippen molar-refractivity contribution < 1.29 is 9.59 Å². The van der Waals surface area contributed by atoms with Gasteiger partial charge in [0.2, 0.25) is 11.8 Å². The number of hydrogen-bond acceptors (Lipinski definition) is 3. The van der Waals surface area contributed by atoms with Gasteiger partial charge in [0.1, 0.15) is 0 Å². The zero-order chi connectivity index (χ0) is 12.4. The van der Waals surface area contributed by atoms with Gasteiger partial charge in [-0.2, -0.15) is 0 Å². The van der Waals surface area contributed by atoms with Gasteiger partial charge in [0.05, 0.1) is 0 Å². The smallest absolute Gasteiger partial charge is 0.226 e. The fourth-order valence-corrected chi connectivity index (χ4v) is 2.54. The zero-order valence-electron chi connectivity index (χ0n) is 10.6. The number of nitrogens with zero attached hydrogens (tertiary/aromatic N) is 2. The first-order valence-corrected chi connectivity index (χ1v) is 6.34. The molecule has 0 aliphatic carbocycles. The summed E-state index contributed by atoms with van der Waals surface area (Å²) in [5.74, 6) is 0.168. The SMILES string of the molecule is C[C@H]1CN(C(=O)[C@H]2CCN(C)C(=O)C2)CCN1. The van der Waals surface area contributed by atoms with Crippen LogP contribution in [-0.2, 0) is 9.59 Å². The first-order chi connectivity index (χ1) is 8.08. The number of piperidine rings is 1. The molecule has 1 N–H and O–H groups in total. The minimum absolute atomic E-state index is 0.0935. The van der Waals surface area contributed by atoms with Crippen molar-refractivity contribution in [1.29, 1.82) is 0 Å². The minimum Gasteiger partial charge on any atom is -0.346 e. The number of amides is 2. The van der Waals surface area contributed by atoms with Crippen molar-refractivity contribution in [3.63, 3.8) is 0 Å². The van der Waals surface area contributed by atoms with Gasteiger partial charge in [-0.3, -0.25) is 9.59 Å². The van der Waals surface area contributed by atoms with E-state index in [0.717, 1.165) is 26.1 Å². The van der Waals surface area contributed by atoms with Crippen molar-refractivity contribution in [2.75, 3.05) is 33.2 Å². The lowest BCUT2D eigenvalue weighted by Gasteiger charge is -2.36. The largest absolute Gasteiger partial charge is 0.346 e. The Morgan fingerprint density at radius 3 is 2.82 bits per heavy atom. The van der Waals surface area contributed by atoms with Crippen molar-refractivity contribution in [1.82, 2.24) is 15.1 Å². The molecule has 2 aliphatic heterocycles. The quantitative estimate of drug-likeness (QED) is 0.682. The molecular weight excluding hydrogens is 218 g/mol. The number of hydrogen-bond donors (Lipinski definition) is 1. The van der Waals surface area contributed by atoms with Crippen LogP contribution in [0.5, 0.6) is 0 Å². The Bertz CT molecular complexity index is 319. The first kappa shape index (κ1) is 12.4. The molecule has 2 rings (SSSR count). The molecule has 0 spiro atoms. The third kappa shape index (κ3) is 2.77. The van der Waals surface area contributed by atoms with Crippen molar-refractivity contribution in [3.8, 4) is 0 Å². The maximum atomic E-state index is 12.3. The highest BCUT2D eigenvalue weighted by atomic mass is 16.2. The van der Waals surface area contributed by atoms with Gasteiger partial charge in [0.15, 0.2) is 0 Å². The van der Waals surface area contributed by atoms with Crippen molar-refractivity contribution in [2.45, 2.75) is 25.8 Å². The van der Waals surface area contributed by atoms with Crippen LogP contribution in [0.15, 0.2) is 0 Å². The van der Waals surface area contributed by atoms with E-state index in [-0.39, 0.29) is 17.7 Å². The normalized spacial score (nSPS) is 30.6. The van der Waals surface area contributed by atoms with Gasteiger partial charge in [-0.05, 0) is 13.3 Å². The summed E-state index contributed by atoms with van der Waals surface area (Å²) in [5, 5.41) is 3.32. The van der Waals surface area contributed by atoms with Gasteiger partial charge < -0.3 is 15.1 Å². The summed E-state index contributed by atoms with van der Waals surface area (Å²) in [6.45, 7) is 5.17. The molecule has 0 radical (unpaired) electrons. The summed E-state index contributed by atoms with van der Waals surface area (Å²) in [7, 11) is 1.80. The summed E-state index contributed by atoms with van der Waals surface area (Å²) < 4.78 is 0. The third-order valence-corrected chi connectivity index (χ3v) is 3.69. The van der Waals surface area contributed by atoms with E-state index in [1.54, 1.807) is 11.9 Å². The fourth-order valence-electron chi connectivity index (χ4n) is 2.54. The molecule has 17 heavy (non-hydrogen) atoms. The molecule has 5 nitrogen and oxygen atoms in total. The molecule has 0 saturated carbocycles. The first-order valence-electron chi connectivity index (χ1n) is 6.34.